The molecule has 116 valence electrons. The van der Waals surface area contributed by atoms with Crippen LogP contribution in [0.4, 0.5) is 11.5 Å². The Morgan fingerprint density at radius 3 is 2.65 bits per heavy atom. The normalized spacial score (nSPS) is 10.6. The van der Waals surface area contributed by atoms with Gasteiger partial charge < -0.3 is 10.2 Å². The highest BCUT2D eigenvalue weighted by Gasteiger charge is 2.10. The first-order valence-corrected chi connectivity index (χ1v) is 7.14. The van der Waals surface area contributed by atoms with Crippen molar-refractivity contribution in [3.05, 3.63) is 47.6 Å². The third-order valence-corrected chi connectivity index (χ3v) is 3.31. The highest BCUT2D eigenvalue weighted by molar-refractivity contribution is 6.29. The number of carbonyl (C=O) groups excluding carboxylic acids is 1. The van der Waals surface area contributed by atoms with Gasteiger partial charge in [0.05, 0.1) is 17.4 Å². The van der Waals surface area contributed by atoms with Crippen LogP contribution >= 0.6 is 11.6 Å². The molecule has 0 radical (unpaired) electrons. The number of rotatable bonds is 3. The molecule has 0 unspecified atom stereocenters. The Labute approximate surface area is 137 Å². The molecule has 0 saturated heterocycles. The molecule has 0 aliphatic rings. The maximum Gasteiger partial charge on any atom is 0.271 e. The number of aromatic nitrogens is 4. The van der Waals surface area contributed by atoms with E-state index >= 15 is 0 Å². The Morgan fingerprint density at radius 1 is 1.13 bits per heavy atom. The second-order valence-electron chi connectivity index (χ2n) is 4.98. The van der Waals surface area contributed by atoms with Crippen molar-refractivity contribution in [3.63, 3.8) is 0 Å². The molecule has 3 aromatic rings. The third kappa shape index (κ3) is 3.19. The summed E-state index contributed by atoms with van der Waals surface area (Å²) in [6, 6.07) is 6.84. The smallest absolute Gasteiger partial charge is 0.271 e. The predicted molar refractivity (Wildman–Crippen MR) is 87.9 cm³/mol. The fourth-order valence-electron chi connectivity index (χ4n) is 1.97. The first-order valence-electron chi connectivity index (χ1n) is 6.76. The average Bonchev–Trinajstić information content (AvgIpc) is 2.55. The number of hydrogen-bond acceptors (Lipinski definition) is 6. The summed E-state index contributed by atoms with van der Waals surface area (Å²) in [5.74, 6) is 0.364. The number of nitrogens with zero attached hydrogens (tertiary/aromatic N) is 5. The van der Waals surface area contributed by atoms with Gasteiger partial charge in [0.15, 0.2) is 5.82 Å². The van der Waals surface area contributed by atoms with Gasteiger partial charge in [0, 0.05) is 14.1 Å². The molecule has 7 nitrogen and oxygen atoms in total. The summed E-state index contributed by atoms with van der Waals surface area (Å²) in [4.78, 5) is 30.0. The predicted octanol–water partition coefficient (Wildman–Crippen LogP) is 2.52. The number of amides is 1. The van der Waals surface area contributed by atoms with Gasteiger partial charge in [-0.2, -0.15) is 0 Å². The molecule has 0 spiro atoms. The van der Waals surface area contributed by atoms with E-state index in [2.05, 4.69) is 25.3 Å². The van der Waals surface area contributed by atoms with E-state index in [1.165, 1.54) is 11.2 Å². The van der Waals surface area contributed by atoms with Gasteiger partial charge in [-0.3, -0.25) is 4.79 Å². The summed E-state index contributed by atoms with van der Waals surface area (Å²) in [6.07, 6.45) is 3.01. The molecule has 0 aromatic carbocycles. The molecule has 3 rings (SSSR count). The quantitative estimate of drug-likeness (QED) is 0.744. The van der Waals surface area contributed by atoms with Gasteiger partial charge in [-0.15, -0.1) is 0 Å². The minimum Gasteiger partial charge on any atom is -0.343 e. The molecular weight excluding hydrogens is 316 g/mol. The van der Waals surface area contributed by atoms with Crippen molar-refractivity contribution in [2.45, 2.75) is 0 Å². The number of fused-ring (bicyclic) bond motifs is 1. The van der Waals surface area contributed by atoms with E-state index in [9.17, 15) is 4.79 Å². The molecule has 3 heterocycles. The van der Waals surface area contributed by atoms with Crippen LogP contribution in [0.15, 0.2) is 36.8 Å². The van der Waals surface area contributed by atoms with Gasteiger partial charge in [0.25, 0.3) is 5.91 Å². The first kappa shape index (κ1) is 15.1. The van der Waals surface area contributed by atoms with Crippen LogP contribution in [0.3, 0.4) is 0 Å². The maximum absolute atomic E-state index is 11.8. The minimum atomic E-state index is -0.155. The maximum atomic E-state index is 11.8. The zero-order chi connectivity index (χ0) is 16.4. The van der Waals surface area contributed by atoms with Crippen LogP contribution in [-0.2, 0) is 0 Å². The molecule has 0 aliphatic carbocycles. The standard InChI is InChI=1S/C15H13ClN6O/c1-22(2)15(23)11-4-3-9(7-17-11)20-14-13-10(18-8-19-14)5-6-12(16)21-13/h3-8H,1-2H3,(H,18,19,20). The first-order chi connectivity index (χ1) is 11.0. The fourth-order valence-corrected chi connectivity index (χ4v) is 2.12. The van der Waals surface area contributed by atoms with Crippen LogP contribution in [0.25, 0.3) is 11.0 Å². The molecule has 1 amide bonds. The van der Waals surface area contributed by atoms with Crippen molar-refractivity contribution in [3.8, 4) is 0 Å². The van der Waals surface area contributed by atoms with Crippen molar-refractivity contribution in [1.82, 2.24) is 24.8 Å². The number of hydrogen-bond donors (Lipinski definition) is 1. The number of halogens is 1. The van der Waals surface area contributed by atoms with Crippen LogP contribution in [0.1, 0.15) is 10.5 Å². The zero-order valence-electron chi connectivity index (χ0n) is 12.5. The number of carbonyl (C=O) groups is 1. The topological polar surface area (TPSA) is 83.9 Å². The lowest BCUT2D eigenvalue weighted by Gasteiger charge is -2.10. The molecule has 0 saturated carbocycles. The Morgan fingerprint density at radius 2 is 1.96 bits per heavy atom. The lowest BCUT2D eigenvalue weighted by Crippen LogP contribution is -2.22. The zero-order valence-corrected chi connectivity index (χ0v) is 13.2. The molecule has 0 fully saturated rings. The molecular formula is C15H13ClN6O. The van der Waals surface area contributed by atoms with Crippen molar-refractivity contribution in [2.24, 2.45) is 0 Å². The molecule has 23 heavy (non-hydrogen) atoms. The van der Waals surface area contributed by atoms with E-state index in [0.717, 1.165) is 0 Å². The van der Waals surface area contributed by atoms with Crippen molar-refractivity contribution < 1.29 is 4.79 Å². The monoisotopic (exact) mass is 328 g/mol. The summed E-state index contributed by atoms with van der Waals surface area (Å²) in [5, 5.41) is 3.47. The van der Waals surface area contributed by atoms with Crippen LogP contribution in [-0.4, -0.2) is 44.8 Å². The lowest BCUT2D eigenvalue weighted by molar-refractivity contribution is 0.0822. The Kier molecular flexibility index (Phi) is 4.03. The van der Waals surface area contributed by atoms with E-state index in [0.29, 0.717) is 33.4 Å². The summed E-state index contributed by atoms with van der Waals surface area (Å²) < 4.78 is 0. The van der Waals surface area contributed by atoms with E-state index in [1.54, 1.807) is 44.6 Å². The van der Waals surface area contributed by atoms with Gasteiger partial charge in [0.2, 0.25) is 0 Å². The Balaban J connectivity index is 1.90. The number of anilines is 2. The average molecular weight is 329 g/mol. The summed E-state index contributed by atoms with van der Waals surface area (Å²) in [7, 11) is 3.36. The largest absolute Gasteiger partial charge is 0.343 e. The second kappa shape index (κ2) is 6.13. The van der Waals surface area contributed by atoms with Crippen LogP contribution in [0.5, 0.6) is 0 Å². The van der Waals surface area contributed by atoms with Crippen LogP contribution in [0, 0.1) is 0 Å². The SMILES string of the molecule is CN(C)C(=O)c1ccc(Nc2ncnc3ccc(Cl)nc23)cn1. The summed E-state index contributed by atoms with van der Waals surface area (Å²) in [6.45, 7) is 0. The van der Waals surface area contributed by atoms with Gasteiger partial charge in [0.1, 0.15) is 22.7 Å². The van der Waals surface area contributed by atoms with Crippen molar-refractivity contribution >= 4 is 40.0 Å². The van der Waals surface area contributed by atoms with Gasteiger partial charge in [-0.1, -0.05) is 11.6 Å². The van der Waals surface area contributed by atoms with E-state index < -0.39 is 0 Å². The van der Waals surface area contributed by atoms with Gasteiger partial charge >= 0.3 is 0 Å². The lowest BCUT2D eigenvalue weighted by atomic mass is 10.3. The third-order valence-electron chi connectivity index (χ3n) is 3.10. The second-order valence-corrected chi connectivity index (χ2v) is 5.37. The van der Waals surface area contributed by atoms with E-state index in [4.69, 9.17) is 11.6 Å². The Hall–Kier alpha value is -2.80. The van der Waals surface area contributed by atoms with Crippen molar-refractivity contribution in [2.75, 3.05) is 19.4 Å². The molecule has 3 aromatic heterocycles. The van der Waals surface area contributed by atoms with Gasteiger partial charge in [-0.05, 0) is 24.3 Å². The van der Waals surface area contributed by atoms with Gasteiger partial charge in [-0.25, -0.2) is 19.9 Å². The summed E-state index contributed by atoms with van der Waals surface area (Å²) >= 11 is 5.93. The summed E-state index contributed by atoms with van der Waals surface area (Å²) in [5.41, 5.74) is 2.30. The highest BCUT2D eigenvalue weighted by Crippen LogP contribution is 2.22. The van der Waals surface area contributed by atoms with E-state index in [-0.39, 0.29) is 5.91 Å². The van der Waals surface area contributed by atoms with Crippen LogP contribution in [0.2, 0.25) is 5.15 Å². The molecule has 0 bridgehead atoms. The molecule has 1 N–H and O–H groups in total. The highest BCUT2D eigenvalue weighted by atomic mass is 35.5. The fraction of sp³-hybridized carbons (Fsp3) is 0.133. The molecule has 8 heteroatoms. The Bertz CT molecular complexity index is 865. The molecule has 0 aliphatic heterocycles. The van der Waals surface area contributed by atoms with Crippen LogP contribution < -0.4 is 5.32 Å². The van der Waals surface area contributed by atoms with E-state index in [1.807, 2.05) is 0 Å². The number of nitrogens with one attached hydrogen (secondary N) is 1. The number of pyridine rings is 2. The minimum absolute atomic E-state index is 0.155. The van der Waals surface area contributed by atoms with Crippen molar-refractivity contribution in [1.29, 1.82) is 0 Å². The molecule has 0 atom stereocenters.